The molecule has 1 aromatic carbocycles. The molecule has 4 nitrogen and oxygen atoms in total. The Labute approximate surface area is 120 Å². The summed E-state index contributed by atoms with van der Waals surface area (Å²) in [4.78, 5) is 2.27. The molecule has 0 amide bonds. The van der Waals surface area contributed by atoms with Crippen molar-refractivity contribution >= 4 is 0 Å². The number of benzene rings is 1. The number of likely N-dealkylation sites (N-methyl/N-ethyl adjacent to an activating group) is 1. The predicted molar refractivity (Wildman–Crippen MR) is 77.4 cm³/mol. The molecule has 1 heterocycles. The Morgan fingerprint density at radius 1 is 1.35 bits per heavy atom. The second kappa shape index (κ2) is 5.26. The molecule has 0 bridgehead atoms. The summed E-state index contributed by atoms with van der Waals surface area (Å²) < 4.78 is 11.5. The van der Waals surface area contributed by atoms with Gasteiger partial charge in [-0.05, 0) is 44.0 Å². The van der Waals surface area contributed by atoms with E-state index in [0.29, 0.717) is 6.42 Å². The van der Waals surface area contributed by atoms with Gasteiger partial charge in [0.15, 0.2) is 11.5 Å². The summed E-state index contributed by atoms with van der Waals surface area (Å²) in [5.41, 5.74) is 0.645. The first-order valence-electron chi connectivity index (χ1n) is 7.32. The zero-order valence-corrected chi connectivity index (χ0v) is 12.3. The lowest BCUT2D eigenvalue weighted by Crippen LogP contribution is -2.21. The molecule has 1 atom stereocenters. The average molecular weight is 277 g/mol. The molecular formula is C16H23NO3. The maximum absolute atomic E-state index is 10.0. The van der Waals surface area contributed by atoms with Gasteiger partial charge in [0, 0.05) is 19.5 Å². The molecular weight excluding hydrogens is 254 g/mol. The van der Waals surface area contributed by atoms with Crippen LogP contribution < -0.4 is 9.47 Å². The molecule has 1 aliphatic carbocycles. The quantitative estimate of drug-likeness (QED) is 0.892. The molecule has 0 radical (unpaired) electrons. The maximum atomic E-state index is 10.0. The Morgan fingerprint density at radius 3 is 2.75 bits per heavy atom. The summed E-state index contributed by atoms with van der Waals surface area (Å²) in [7, 11) is 3.77. The number of aliphatic hydroxyl groups is 1. The summed E-state index contributed by atoms with van der Waals surface area (Å²) in [6, 6.07) is 5.98. The molecule has 20 heavy (non-hydrogen) atoms. The number of likely N-dealkylation sites (tertiary alicyclic amines) is 1. The van der Waals surface area contributed by atoms with Gasteiger partial charge < -0.3 is 19.5 Å². The van der Waals surface area contributed by atoms with E-state index in [1.54, 1.807) is 7.11 Å². The van der Waals surface area contributed by atoms with E-state index in [1.807, 2.05) is 18.2 Å². The number of hydrogen-bond acceptors (Lipinski definition) is 4. The Kier molecular flexibility index (Phi) is 3.61. The van der Waals surface area contributed by atoms with Crippen molar-refractivity contribution < 1.29 is 14.6 Å². The Morgan fingerprint density at radius 2 is 2.15 bits per heavy atom. The van der Waals surface area contributed by atoms with Crippen LogP contribution in [0.15, 0.2) is 18.2 Å². The van der Waals surface area contributed by atoms with Gasteiger partial charge in [-0.25, -0.2) is 0 Å². The molecule has 1 N–H and O–H groups in total. The molecule has 1 unspecified atom stereocenters. The van der Waals surface area contributed by atoms with Gasteiger partial charge in [0.1, 0.15) is 6.10 Å². The molecule has 0 spiro atoms. The van der Waals surface area contributed by atoms with E-state index in [2.05, 4.69) is 11.9 Å². The van der Waals surface area contributed by atoms with Crippen molar-refractivity contribution in [2.45, 2.75) is 37.4 Å². The van der Waals surface area contributed by atoms with Gasteiger partial charge in [-0.15, -0.1) is 0 Å². The van der Waals surface area contributed by atoms with Crippen molar-refractivity contribution in [3.63, 3.8) is 0 Å². The Bertz CT molecular complexity index is 485. The molecule has 1 aromatic rings. The lowest BCUT2D eigenvalue weighted by molar-refractivity contribution is 0.150. The fourth-order valence-corrected chi connectivity index (χ4v) is 2.79. The lowest BCUT2D eigenvalue weighted by atomic mass is 10.1. The largest absolute Gasteiger partial charge is 0.493 e. The highest BCUT2D eigenvalue weighted by atomic mass is 16.5. The van der Waals surface area contributed by atoms with Gasteiger partial charge in [-0.2, -0.15) is 0 Å². The highest BCUT2D eigenvalue weighted by Crippen LogP contribution is 2.40. The van der Waals surface area contributed by atoms with Gasteiger partial charge in [0.2, 0.25) is 0 Å². The third kappa shape index (κ3) is 3.07. The van der Waals surface area contributed by atoms with Gasteiger partial charge in [-0.1, -0.05) is 6.07 Å². The van der Waals surface area contributed by atoms with E-state index in [4.69, 9.17) is 9.47 Å². The second-order valence-electron chi connectivity index (χ2n) is 6.18. The lowest BCUT2D eigenvalue weighted by Gasteiger charge is -2.18. The molecule has 3 rings (SSSR count). The molecule has 0 aromatic heterocycles. The van der Waals surface area contributed by atoms with Crippen LogP contribution in [0.1, 0.15) is 24.8 Å². The van der Waals surface area contributed by atoms with Crippen LogP contribution in [0.3, 0.4) is 0 Å². The van der Waals surface area contributed by atoms with Crippen molar-refractivity contribution in [1.29, 1.82) is 0 Å². The first-order chi connectivity index (χ1) is 9.58. The summed E-state index contributed by atoms with van der Waals surface area (Å²) in [6.07, 6.45) is 3.80. The summed E-state index contributed by atoms with van der Waals surface area (Å²) in [6.45, 7) is 2.03. The van der Waals surface area contributed by atoms with Crippen molar-refractivity contribution in [3.05, 3.63) is 23.8 Å². The zero-order valence-electron chi connectivity index (χ0n) is 12.3. The number of hydrogen-bond donors (Lipinski definition) is 1. The minimum Gasteiger partial charge on any atom is -0.493 e. The monoisotopic (exact) mass is 277 g/mol. The second-order valence-corrected chi connectivity index (χ2v) is 6.18. The zero-order chi connectivity index (χ0) is 14.2. The highest BCUT2D eigenvalue weighted by Gasteiger charge is 2.40. The van der Waals surface area contributed by atoms with Gasteiger partial charge in [0.25, 0.3) is 0 Å². The third-order valence-corrected chi connectivity index (χ3v) is 4.23. The first-order valence-corrected chi connectivity index (χ1v) is 7.32. The van der Waals surface area contributed by atoms with E-state index in [-0.39, 0.29) is 6.10 Å². The minimum atomic E-state index is -0.473. The van der Waals surface area contributed by atoms with Crippen LogP contribution in [0.25, 0.3) is 0 Å². The minimum absolute atomic E-state index is 0.230. The summed E-state index contributed by atoms with van der Waals surface area (Å²) >= 11 is 0. The van der Waals surface area contributed by atoms with Crippen LogP contribution in [0, 0.1) is 0 Å². The number of methoxy groups -OCH3 is 1. The van der Waals surface area contributed by atoms with Crippen molar-refractivity contribution in [2.24, 2.45) is 0 Å². The average Bonchev–Trinajstić information content (AvgIpc) is 2.99. The van der Waals surface area contributed by atoms with E-state index in [1.165, 1.54) is 0 Å². The number of nitrogens with zero attached hydrogens (tertiary/aromatic N) is 1. The highest BCUT2D eigenvalue weighted by molar-refractivity contribution is 5.43. The third-order valence-electron chi connectivity index (χ3n) is 4.23. The summed E-state index contributed by atoms with van der Waals surface area (Å²) in [5, 5.41) is 10.0. The molecule has 2 fully saturated rings. The molecule has 1 saturated heterocycles. The predicted octanol–water partition coefficient (Wildman–Crippen LogP) is 1.85. The van der Waals surface area contributed by atoms with Crippen molar-refractivity contribution in [2.75, 3.05) is 27.2 Å². The smallest absolute Gasteiger partial charge is 0.161 e. The van der Waals surface area contributed by atoms with E-state index in [9.17, 15) is 5.11 Å². The van der Waals surface area contributed by atoms with Gasteiger partial charge in [-0.3, -0.25) is 0 Å². The molecule has 110 valence electrons. The van der Waals surface area contributed by atoms with Crippen molar-refractivity contribution in [1.82, 2.24) is 4.90 Å². The first kappa shape index (κ1) is 13.7. The van der Waals surface area contributed by atoms with Crippen LogP contribution in [0.4, 0.5) is 0 Å². The Balaban J connectivity index is 1.74. The molecule has 1 aliphatic heterocycles. The van der Waals surface area contributed by atoms with Crippen LogP contribution in [0.5, 0.6) is 11.5 Å². The fraction of sp³-hybridized carbons (Fsp3) is 0.625. The normalized spacial score (nSPS) is 24.6. The van der Waals surface area contributed by atoms with Gasteiger partial charge >= 0.3 is 0 Å². The fourth-order valence-electron chi connectivity index (χ4n) is 2.79. The number of rotatable bonds is 5. The molecule has 1 saturated carbocycles. The van der Waals surface area contributed by atoms with Crippen LogP contribution in [-0.2, 0) is 6.42 Å². The standard InChI is InChI=1S/C16H23NO3/c1-17-8-5-13(11-17)20-15-9-12(3-4-14(15)19-2)10-16(18)6-7-16/h3-4,9,13,18H,5-8,10-11H2,1-2H3. The van der Waals surface area contributed by atoms with Crippen molar-refractivity contribution in [3.8, 4) is 11.5 Å². The van der Waals surface area contributed by atoms with Crippen LogP contribution >= 0.6 is 0 Å². The maximum Gasteiger partial charge on any atom is 0.161 e. The molecule has 4 heteroatoms. The number of ether oxygens (including phenoxy) is 2. The summed E-state index contributed by atoms with van der Waals surface area (Å²) in [5.74, 6) is 1.57. The van der Waals surface area contributed by atoms with E-state index >= 15 is 0 Å². The topological polar surface area (TPSA) is 41.9 Å². The van der Waals surface area contributed by atoms with E-state index in [0.717, 1.165) is 49.4 Å². The van der Waals surface area contributed by atoms with Gasteiger partial charge in [0.05, 0.1) is 12.7 Å². The van der Waals surface area contributed by atoms with E-state index < -0.39 is 5.60 Å². The Hall–Kier alpha value is -1.26. The SMILES string of the molecule is COc1ccc(CC2(O)CC2)cc1OC1CCN(C)C1. The van der Waals surface area contributed by atoms with Crippen LogP contribution in [-0.4, -0.2) is 49.0 Å². The van der Waals surface area contributed by atoms with Crippen LogP contribution in [0.2, 0.25) is 0 Å². The molecule has 2 aliphatic rings.